The van der Waals surface area contributed by atoms with Crippen LogP contribution in [0.15, 0.2) is 66.7 Å². The Hall–Kier alpha value is -3.67. The van der Waals surface area contributed by atoms with Crippen LogP contribution in [0.2, 0.25) is 0 Å². The Morgan fingerprint density at radius 2 is 1.55 bits per heavy atom. The summed E-state index contributed by atoms with van der Waals surface area (Å²) in [5.41, 5.74) is 2.29. The molecule has 0 atom stereocenters. The van der Waals surface area contributed by atoms with Crippen LogP contribution in [0.1, 0.15) is 29.8 Å². The molecule has 0 radical (unpaired) electrons. The van der Waals surface area contributed by atoms with Gasteiger partial charge in [-0.3, -0.25) is 14.4 Å². The molecule has 0 bridgehead atoms. The van der Waals surface area contributed by atoms with E-state index in [0.29, 0.717) is 11.3 Å². The molecule has 0 aliphatic carbocycles. The number of hydrogen-bond donors (Lipinski definition) is 2. The number of hydrogen-bond acceptors (Lipinski definition) is 3. The summed E-state index contributed by atoms with van der Waals surface area (Å²) in [6, 6.07) is 20.5. The van der Waals surface area contributed by atoms with E-state index in [1.807, 2.05) is 69.3 Å². The van der Waals surface area contributed by atoms with Gasteiger partial charge in [-0.1, -0.05) is 48.0 Å². The van der Waals surface area contributed by atoms with Gasteiger partial charge in [0.15, 0.2) is 0 Å². The van der Waals surface area contributed by atoms with Gasteiger partial charge in [0.2, 0.25) is 11.8 Å². The Labute approximate surface area is 182 Å². The Bertz CT molecular complexity index is 1090. The highest BCUT2D eigenvalue weighted by Gasteiger charge is 2.22. The number of rotatable bonds is 7. The number of nitrogens with zero attached hydrogens (tertiary/aromatic N) is 1. The molecule has 6 nitrogen and oxygen atoms in total. The molecule has 0 aromatic heterocycles. The van der Waals surface area contributed by atoms with Gasteiger partial charge in [-0.05, 0) is 55.8 Å². The minimum absolute atomic E-state index is 0.124. The lowest BCUT2D eigenvalue weighted by atomic mass is 10.1. The molecule has 3 aromatic carbocycles. The Morgan fingerprint density at radius 1 is 0.871 bits per heavy atom. The highest BCUT2D eigenvalue weighted by Crippen LogP contribution is 2.17. The number of nitrogens with one attached hydrogen (secondary N) is 2. The minimum atomic E-state index is -0.387. The van der Waals surface area contributed by atoms with Crippen molar-refractivity contribution in [3.63, 3.8) is 0 Å². The highest BCUT2D eigenvalue weighted by molar-refractivity contribution is 6.00. The Kier molecular flexibility index (Phi) is 7.03. The molecule has 0 saturated carbocycles. The van der Waals surface area contributed by atoms with Crippen molar-refractivity contribution in [2.24, 2.45) is 0 Å². The van der Waals surface area contributed by atoms with E-state index in [2.05, 4.69) is 10.6 Å². The number of anilines is 1. The number of amides is 3. The Balaban J connectivity index is 1.59. The lowest BCUT2D eigenvalue weighted by Crippen LogP contribution is -2.45. The fourth-order valence-corrected chi connectivity index (χ4v) is 3.21. The molecule has 2 N–H and O–H groups in total. The van der Waals surface area contributed by atoms with Crippen LogP contribution in [-0.4, -0.2) is 41.8 Å². The van der Waals surface area contributed by atoms with E-state index in [-0.39, 0.29) is 36.9 Å². The van der Waals surface area contributed by atoms with Crippen molar-refractivity contribution in [3.8, 4) is 0 Å². The number of aryl methyl sites for hydroxylation is 1. The smallest absolute Gasteiger partial charge is 0.254 e. The van der Waals surface area contributed by atoms with Gasteiger partial charge in [0.1, 0.15) is 6.54 Å². The van der Waals surface area contributed by atoms with Crippen LogP contribution < -0.4 is 10.6 Å². The molecule has 3 aromatic rings. The summed E-state index contributed by atoms with van der Waals surface area (Å²) in [7, 11) is 0. The molecule has 0 spiro atoms. The molecule has 0 fully saturated rings. The molecule has 31 heavy (non-hydrogen) atoms. The molecule has 160 valence electrons. The van der Waals surface area contributed by atoms with E-state index in [0.717, 1.165) is 16.3 Å². The van der Waals surface area contributed by atoms with E-state index in [1.54, 1.807) is 18.2 Å². The second-order valence-electron chi connectivity index (χ2n) is 7.78. The summed E-state index contributed by atoms with van der Waals surface area (Å²) >= 11 is 0. The predicted molar refractivity (Wildman–Crippen MR) is 123 cm³/mol. The standard InChI is InChI=1S/C25H27N3O3/c1-17(2)28(25(31)21-11-10-19-6-4-5-7-20(19)14-21)16-24(30)26-15-23(29)27-22-12-8-18(3)9-13-22/h4-14,17H,15-16H2,1-3H3,(H,26,30)(H,27,29). The average molecular weight is 418 g/mol. The van der Waals surface area contributed by atoms with E-state index >= 15 is 0 Å². The quantitative estimate of drug-likeness (QED) is 0.615. The SMILES string of the molecule is Cc1ccc(NC(=O)CNC(=O)CN(C(=O)c2ccc3ccccc3c2)C(C)C)cc1. The third-order valence-corrected chi connectivity index (χ3v) is 4.98. The molecule has 6 heteroatoms. The Morgan fingerprint density at radius 3 is 2.23 bits per heavy atom. The fourth-order valence-electron chi connectivity index (χ4n) is 3.21. The second kappa shape index (κ2) is 9.89. The predicted octanol–water partition coefficient (Wildman–Crippen LogP) is 3.75. The fraction of sp³-hybridized carbons (Fsp3) is 0.240. The summed E-state index contributed by atoms with van der Waals surface area (Å²) < 4.78 is 0. The van der Waals surface area contributed by atoms with Crippen molar-refractivity contribution in [2.45, 2.75) is 26.8 Å². The van der Waals surface area contributed by atoms with Gasteiger partial charge < -0.3 is 15.5 Å². The third kappa shape index (κ3) is 5.92. The molecule has 0 aliphatic rings. The summed E-state index contributed by atoms with van der Waals surface area (Å²) in [4.78, 5) is 39.1. The van der Waals surface area contributed by atoms with Gasteiger partial charge in [-0.2, -0.15) is 0 Å². The van der Waals surface area contributed by atoms with Crippen molar-refractivity contribution in [1.82, 2.24) is 10.2 Å². The second-order valence-corrected chi connectivity index (χ2v) is 7.78. The van der Waals surface area contributed by atoms with Crippen LogP contribution in [0.5, 0.6) is 0 Å². The van der Waals surface area contributed by atoms with E-state index in [1.165, 1.54) is 4.90 Å². The van der Waals surface area contributed by atoms with E-state index < -0.39 is 0 Å². The minimum Gasteiger partial charge on any atom is -0.345 e. The molecule has 0 unspecified atom stereocenters. The van der Waals surface area contributed by atoms with Crippen molar-refractivity contribution in [2.75, 3.05) is 18.4 Å². The zero-order valence-corrected chi connectivity index (χ0v) is 18.0. The first kappa shape index (κ1) is 22.0. The van der Waals surface area contributed by atoms with Gasteiger partial charge in [-0.15, -0.1) is 0 Å². The van der Waals surface area contributed by atoms with Crippen LogP contribution in [-0.2, 0) is 9.59 Å². The maximum absolute atomic E-state index is 13.0. The lowest BCUT2D eigenvalue weighted by Gasteiger charge is -2.26. The van der Waals surface area contributed by atoms with Gasteiger partial charge in [0, 0.05) is 17.3 Å². The number of benzene rings is 3. The van der Waals surface area contributed by atoms with Crippen molar-refractivity contribution < 1.29 is 14.4 Å². The number of carbonyl (C=O) groups excluding carboxylic acids is 3. The van der Waals surface area contributed by atoms with E-state index in [4.69, 9.17) is 0 Å². The molecule has 3 rings (SSSR count). The van der Waals surface area contributed by atoms with E-state index in [9.17, 15) is 14.4 Å². The normalized spacial score (nSPS) is 10.7. The molecule has 0 heterocycles. The third-order valence-electron chi connectivity index (χ3n) is 4.98. The highest BCUT2D eigenvalue weighted by atomic mass is 16.2. The van der Waals surface area contributed by atoms with Gasteiger partial charge >= 0.3 is 0 Å². The van der Waals surface area contributed by atoms with Crippen molar-refractivity contribution >= 4 is 34.2 Å². The summed E-state index contributed by atoms with van der Waals surface area (Å²) in [6.07, 6.45) is 0. The molecule has 0 saturated heterocycles. The number of fused-ring (bicyclic) bond motifs is 1. The maximum atomic E-state index is 13.0. The maximum Gasteiger partial charge on any atom is 0.254 e. The first-order valence-electron chi connectivity index (χ1n) is 10.3. The largest absolute Gasteiger partial charge is 0.345 e. The van der Waals surface area contributed by atoms with Gasteiger partial charge in [0.05, 0.1) is 6.54 Å². The van der Waals surface area contributed by atoms with Crippen molar-refractivity contribution in [1.29, 1.82) is 0 Å². The van der Waals surface area contributed by atoms with Crippen molar-refractivity contribution in [3.05, 3.63) is 77.9 Å². The van der Waals surface area contributed by atoms with Crippen LogP contribution in [0, 0.1) is 6.92 Å². The summed E-state index contributed by atoms with van der Waals surface area (Å²) in [6.45, 7) is 5.39. The summed E-state index contributed by atoms with van der Waals surface area (Å²) in [5, 5.41) is 7.34. The monoisotopic (exact) mass is 417 g/mol. The first-order chi connectivity index (χ1) is 14.8. The molecule has 3 amide bonds. The number of carbonyl (C=O) groups is 3. The zero-order valence-electron chi connectivity index (χ0n) is 18.0. The first-order valence-corrected chi connectivity index (χ1v) is 10.3. The molecule has 0 aliphatic heterocycles. The topological polar surface area (TPSA) is 78.5 Å². The lowest BCUT2D eigenvalue weighted by molar-refractivity contribution is -0.124. The summed E-state index contributed by atoms with van der Waals surface area (Å²) in [5.74, 6) is -0.934. The van der Waals surface area contributed by atoms with Gasteiger partial charge in [0.25, 0.3) is 5.91 Å². The van der Waals surface area contributed by atoms with Crippen LogP contribution in [0.3, 0.4) is 0 Å². The van der Waals surface area contributed by atoms with Crippen LogP contribution in [0.25, 0.3) is 10.8 Å². The van der Waals surface area contributed by atoms with Crippen LogP contribution in [0.4, 0.5) is 5.69 Å². The molecular formula is C25H27N3O3. The average Bonchev–Trinajstić information content (AvgIpc) is 2.76. The zero-order chi connectivity index (χ0) is 22.4. The molecular weight excluding hydrogens is 390 g/mol. The van der Waals surface area contributed by atoms with Gasteiger partial charge in [-0.25, -0.2) is 0 Å². The van der Waals surface area contributed by atoms with Crippen LogP contribution >= 0.6 is 0 Å².